The van der Waals surface area contributed by atoms with Gasteiger partial charge in [-0.15, -0.1) is 0 Å². The summed E-state index contributed by atoms with van der Waals surface area (Å²) in [4.78, 5) is 28.9. The SMILES string of the molecule is CC1CC(=O)N(CC2(O)CCN(C(=O)[C@H](C)CC(F)(F)F)CC23CCCC3)CC(C)C1. The van der Waals surface area contributed by atoms with Crippen LogP contribution in [0.25, 0.3) is 0 Å². The zero-order valence-electron chi connectivity index (χ0n) is 19.0. The van der Waals surface area contributed by atoms with Gasteiger partial charge in [-0.05, 0) is 37.5 Å². The molecule has 1 aliphatic carbocycles. The molecule has 2 saturated heterocycles. The maximum absolute atomic E-state index is 12.8. The van der Waals surface area contributed by atoms with Gasteiger partial charge in [-0.2, -0.15) is 13.2 Å². The summed E-state index contributed by atoms with van der Waals surface area (Å²) in [5.41, 5.74) is -1.67. The van der Waals surface area contributed by atoms with Crippen molar-refractivity contribution >= 4 is 11.8 Å². The molecule has 1 saturated carbocycles. The first-order valence-electron chi connectivity index (χ1n) is 11.7. The van der Waals surface area contributed by atoms with Gasteiger partial charge in [0.05, 0.1) is 18.6 Å². The van der Waals surface area contributed by atoms with Gasteiger partial charge in [0, 0.05) is 37.4 Å². The van der Waals surface area contributed by atoms with Gasteiger partial charge in [0.25, 0.3) is 0 Å². The van der Waals surface area contributed by atoms with Crippen molar-refractivity contribution < 1.29 is 27.9 Å². The number of rotatable bonds is 4. The number of hydrogen-bond acceptors (Lipinski definition) is 3. The highest BCUT2D eigenvalue weighted by Gasteiger charge is 2.56. The molecule has 8 heteroatoms. The van der Waals surface area contributed by atoms with Gasteiger partial charge in [-0.25, -0.2) is 0 Å². The molecule has 3 fully saturated rings. The number of β-amino-alcohol motifs (C(OH)–C–C–N with tert-alkyl or cyclic N) is 1. The summed E-state index contributed by atoms with van der Waals surface area (Å²) < 4.78 is 38.4. The number of likely N-dealkylation sites (tertiary alicyclic amines) is 2. The molecule has 31 heavy (non-hydrogen) atoms. The van der Waals surface area contributed by atoms with Crippen molar-refractivity contribution in [3.05, 3.63) is 0 Å². The molecule has 178 valence electrons. The van der Waals surface area contributed by atoms with Gasteiger partial charge in [-0.1, -0.05) is 33.6 Å². The second kappa shape index (κ2) is 8.91. The molecule has 0 aromatic heterocycles. The number of nitrogens with zero attached hydrogens (tertiary/aromatic N) is 2. The number of aliphatic hydroxyl groups is 1. The molecule has 0 radical (unpaired) electrons. The average Bonchev–Trinajstić information content (AvgIpc) is 3.07. The van der Waals surface area contributed by atoms with Crippen LogP contribution in [-0.4, -0.2) is 64.7 Å². The second-order valence-electron chi connectivity index (χ2n) is 10.7. The molecule has 0 bridgehead atoms. The van der Waals surface area contributed by atoms with Crippen LogP contribution in [-0.2, 0) is 9.59 Å². The van der Waals surface area contributed by atoms with Crippen LogP contribution >= 0.6 is 0 Å². The molecule has 2 amide bonds. The Kier molecular flexibility index (Phi) is 6.99. The Bertz CT molecular complexity index is 677. The number of halogens is 3. The molecular weight excluding hydrogens is 409 g/mol. The van der Waals surface area contributed by atoms with Crippen LogP contribution in [0.5, 0.6) is 0 Å². The van der Waals surface area contributed by atoms with E-state index in [0.717, 1.165) is 32.1 Å². The van der Waals surface area contributed by atoms with E-state index < -0.39 is 35.4 Å². The standard InChI is InChI=1S/C23H37F3N2O3/c1-16-10-17(2)13-28(19(29)11-16)15-22(31)8-9-27(14-21(22)6-4-5-7-21)20(30)18(3)12-23(24,25)26/h16-18,31H,4-15H2,1-3H3/t16?,17?,18-,22?/m1/s1. The summed E-state index contributed by atoms with van der Waals surface area (Å²) in [5.74, 6) is -0.875. The third-order valence-corrected chi connectivity index (χ3v) is 7.77. The van der Waals surface area contributed by atoms with Gasteiger partial charge in [0.1, 0.15) is 0 Å². The van der Waals surface area contributed by atoms with Crippen LogP contribution in [0, 0.1) is 23.2 Å². The first-order chi connectivity index (χ1) is 14.3. The van der Waals surface area contributed by atoms with E-state index in [1.807, 2.05) is 0 Å². The molecule has 4 atom stereocenters. The molecule has 2 aliphatic heterocycles. The lowest BCUT2D eigenvalue weighted by Gasteiger charge is -2.54. The number of carbonyl (C=O) groups is 2. The molecular formula is C23H37F3N2O3. The maximum Gasteiger partial charge on any atom is 0.389 e. The zero-order chi connectivity index (χ0) is 23.0. The highest BCUT2D eigenvalue weighted by atomic mass is 19.4. The predicted molar refractivity (Wildman–Crippen MR) is 111 cm³/mol. The minimum absolute atomic E-state index is 0.0655. The largest absolute Gasteiger partial charge is 0.389 e. The Labute approximate surface area is 183 Å². The summed E-state index contributed by atoms with van der Waals surface area (Å²) in [5, 5.41) is 11.8. The fourth-order valence-corrected chi connectivity index (χ4v) is 6.25. The van der Waals surface area contributed by atoms with Crippen molar-refractivity contribution in [1.29, 1.82) is 0 Å². The van der Waals surface area contributed by atoms with E-state index in [1.54, 1.807) is 4.90 Å². The van der Waals surface area contributed by atoms with Gasteiger partial charge >= 0.3 is 6.18 Å². The third kappa shape index (κ3) is 5.37. The first kappa shape index (κ1) is 24.3. The molecule has 3 aliphatic rings. The zero-order valence-corrected chi connectivity index (χ0v) is 19.0. The van der Waals surface area contributed by atoms with E-state index in [4.69, 9.17) is 0 Å². The van der Waals surface area contributed by atoms with Crippen LogP contribution in [0.15, 0.2) is 0 Å². The summed E-state index contributed by atoms with van der Waals surface area (Å²) in [6.07, 6.45) is -0.448. The Morgan fingerprint density at radius 1 is 1.19 bits per heavy atom. The summed E-state index contributed by atoms with van der Waals surface area (Å²) in [7, 11) is 0. The predicted octanol–water partition coefficient (Wildman–Crippen LogP) is 3.99. The van der Waals surface area contributed by atoms with Crippen molar-refractivity contribution in [3.63, 3.8) is 0 Å². The topological polar surface area (TPSA) is 60.9 Å². The Morgan fingerprint density at radius 3 is 2.45 bits per heavy atom. The van der Waals surface area contributed by atoms with E-state index in [1.165, 1.54) is 11.8 Å². The maximum atomic E-state index is 12.8. The number of piperidine rings is 1. The number of hydrogen-bond donors (Lipinski definition) is 1. The van der Waals surface area contributed by atoms with Crippen LogP contribution in [0.4, 0.5) is 13.2 Å². The lowest BCUT2D eigenvalue weighted by atomic mass is 9.65. The molecule has 1 N–H and O–H groups in total. The number of amides is 2. The molecule has 3 unspecified atom stereocenters. The summed E-state index contributed by atoms with van der Waals surface area (Å²) in [6.45, 7) is 6.91. The number of alkyl halides is 3. The van der Waals surface area contributed by atoms with E-state index in [2.05, 4.69) is 13.8 Å². The molecule has 0 aromatic rings. The van der Waals surface area contributed by atoms with Crippen LogP contribution in [0.2, 0.25) is 0 Å². The number of carbonyl (C=O) groups excluding carboxylic acids is 2. The van der Waals surface area contributed by atoms with Crippen molar-refractivity contribution in [2.45, 2.75) is 83.9 Å². The normalized spacial score (nSPS) is 32.9. The van der Waals surface area contributed by atoms with E-state index in [-0.39, 0.29) is 25.5 Å². The van der Waals surface area contributed by atoms with Crippen molar-refractivity contribution in [1.82, 2.24) is 9.80 Å². The minimum atomic E-state index is -4.38. The first-order valence-corrected chi connectivity index (χ1v) is 11.7. The van der Waals surface area contributed by atoms with Crippen LogP contribution in [0.3, 0.4) is 0 Å². The molecule has 5 nitrogen and oxygen atoms in total. The molecule has 1 spiro atoms. The summed E-state index contributed by atoms with van der Waals surface area (Å²) >= 11 is 0. The molecule has 3 rings (SSSR count). The van der Waals surface area contributed by atoms with Crippen molar-refractivity contribution in [2.24, 2.45) is 23.2 Å². The Hall–Kier alpha value is -1.31. The highest BCUT2D eigenvalue weighted by Crippen LogP contribution is 2.51. The smallest absolute Gasteiger partial charge is 0.387 e. The van der Waals surface area contributed by atoms with Gasteiger partial charge in [0.2, 0.25) is 11.8 Å². The molecule has 2 heterocycles. The molecule has 0 aromatic carbocycles. The highest BCUT2D eigenvalue weighted by molar-refractivity contribution is 5.79. The third-order valence-electron chi connectivity index (χ3n) is 7.77. The van der Waals surface area contributed by atoms with E-state index in [9.17, 15) is 27.9 Å². The summed E-state index contributed by atoms with van der Waals surface area (Å²) in [6, 6.07) is 0. The minimum Gasteiger partial charge on any atom is -0.387 e. The van der Waals surface area contributed by atoms with Crippen LogP contribution < -0.4 is 0 Å². The Balaban J connectivity index is 1.76. The van der Waals surface area contributed by atoms with Gasteiger partial charge in [0.15, 0.2) is 0 Å². The lowest BCUT2D eigenvalue weighted by Crippen LogP contribution is -2.64. The lowest BCUT2D eigenvalue weighted by molar-refractivity contribution is -0.175. The quantitative estimate of drug-likeness (QED) is 0.710. The van der Waals surface area contributed by atoms with E-state index >= 15 is 0 Å². The van der Waals surface area contributed by atoms with Gasteiger partial charge < -0.3 is 14.9 Å². The fourth-order valence-electron chi connectivity index (χ4n) is 6.25. The van der Waals surface area contributed by atoms with E-state index in [0.29, 0.717) is 31.2 Å². The van der Waals surface area contributed by atoms with Crippen molar-refractivity contribution in [2.75, 3.05) is 26.2 Å². The van der Waals surface area contributed by atoms with Crippen molar-refractivity contribution in [3.8, 4) is 0 Å². The fraction of sp³-hybridized carbons (Fsp3) is 0.913. The average molecular weight is 447 g/mol. The monoisotopic (exact) mass is 446 g/mol. The Morgan fingerprint density at radius 2 is 1.84 bits per heavy atom. The second-order valence-corrected chi connectivity index (χ2v) is 10.7. The van der Waals surface area contributed by atoms with Crippen LogP contribution in [0.1, 0.15) is 72.1 Å². The van der Waals surface area contributed by atoms with Gasteiger partial charge in [-0.3, -0.25) is 9.59 Å².